The maximum Gasteiger partial charge on any atom is 0.408 e. The standard InChI is InChI=1S/C21H26NO7P/c1-3-28-19(23)13-14-30(25,26)20(17-9-11-18(27-2)12-10-17)22-21(24)29-15-16-7-5-4-6-8-16/h4-12,20H,3,13-15H2,1-2H3,(H,22,24)(H,25,26). The first-order valence-electron chi connectivity index (χ1n) is 9.44. The first-order chi connectivity index (χ1) is 14.4. The second-order valence-corrected chi connectivity index (χ2v) is 8.89. The van der Waals surface area contributed by atoms with E-state index < -0.39 is 25.2 Å². The SMILES string of the molecule is CCOC(=O)CCP(=O)(O)C(NC(=O)OCc1ccccc1)c1ccc(OC)cc1. The van der Waals surface area contributed by atoms with Crippen LogP contribution in [-0.4, -0.2) is 36.8 Å². The summed E-state index contributed by atoms with van der Waals surface area (Å²) in [4.78, 5) is 34.6. The van der Waals surface area contributed by atoms with Gasteiger partial charge in [0.25, 0.3) is 0 Å². The van der Waals surface area contributed by atoms with Gasteiger partial charge in [0, 0.05) is 6.16 Å². The molecule has 9 heteroatoms. The summed E-state index contributed by atoms with van der Waals surface area (Å²) in [7, 11) is -2.53. The first kappa shape index (κ1) is 23.4. The van der Waals surface area contributed by atoms with Crippen molar-refractivity contribution < 1.29 is 33.3 Å². The van der Waals surface area contributed by atoms with Gasteiger partial charge in [0.15, 0.2) is 0 Å². The summed E-state index contributed by atoms with van der Waals surface area (Å²) in [6.45, 7) is 1.85. The maximum absolute atomic E-state index is 13.0. The van der Waals surface area contributed by atoms with E-state index in [1.807, 2.05) is 18.2 Å². The third kappa shape index (κ3) is 7.21. The average Bonchev–Trinajstić information content (AvgIpc) is 2.76. The molecule has 162 valence electrons. The van der Waals surface area contributed by atoms with E-state index in [0.717, 1.165) is 5.56 Å². The quantitative estimate of drug-likeness (QED) is 0.431. The molecule has 0 fully saturated rings. The predicted octanol–water partition coefficient (Wildman–Crippen LogP) is 3.84. The molecule has 0 aliphatic carbocycles. The number of nitrogens with one attached hydrogen (secondary N) is 1. The summed E-state index contributed by atoms with van der Waals surface area (Å²) < 4.78 is 28.1. The summed E-state index contributed by atoms with van der Waals surface area (Å²) in [5, 5.41) is 2.47. The van der Waals surface area contributed by atoms with E-state index in [9.17, 15) is 19.0 Å². The summed E-state index contributed by atoms with van der Waals surface area (Å²) in [6.07, 6.45) is -1.43. The molecular weight excluding hydrogens is 409 g/mol. The molecule has 30 heavy (non-hydrogen) atoms. The Kier molecular flexibility index (Phi) is 8.89. The third-order valence-electron chi connectivity index (χ3n) is 4.24. The van der Waals surface area contributed by atoms with Crippen LogP contribution in [-0.2, 0) is 25.4 Å². The Hall–Kier alpha value is -2.83. The molecule has 2 rings (SSSR count). The Morgan fingerprint density at radius 3 is 2.33 bits per heavy atom. The second kappa shape index (κ2) is 11.4. The lowest BCUT2D eigenvalue weighted by Crippen LogP contribution is -2.30. The molecule has 8 nitrogen and oxygen atoms in total. The van der Waals surface area contributed by atoms with Crippen LogP contribution in [0.15, 0.2) is 54.6 Å². The van der Waals surface area contributed by atoms with Gasteiger partial charge in [-0.15, -0.1) is 0 Å². The van der Waals surface area contributed by atoms with Gasteiger partial charge in [0.05, 0.1) is 20.1 Å². The van der Waals surface area contributed by atoms with Crippen LogP contribution in [0.25, 0.3) is 0 Å². The van der Waals surface area contributed by atoms with Gasteiger partial charge < -0.3 is 24.4 Å². The van der Waals surface area contributed by atoms with Crippen LogP contribution >= 0.6 is 7.37 Å². The van der Waals surface area contributed by atoms with Gasteiger partial charge in [-0.3, -0.25) is 9.36 Å². The lowest BCUT2D eigenvalue weighted by atomic mass is 10.2. The number of ether oxygens (including phenoxy) is 3. The zero-order chi connectivity index (χ0) is 22.0. The van der Waals surface area contributed by atoms with Crippen LogP contribution in [0.1, 0.15) is 30.3 Å². The number of methoxy groups -OCH3 is 1. The first-order valence-corrected chi connectivity index (χ1v) is 11.4. The molecule has 2 aromatic rings. The highest BCUT2D eigenvalue weighted by Gasteiger charge is 2.35. The molecule has 0 aliphatic heterocycles. The van der Waals surface area contributed by atoms with E-state index in [4.69, 9.17) is 14.2 Å². The van der Waals surface area contributed by atoms with Crippen LogP contribution in [0, 0.1) is 0 Å². The van der Waals surface area contributed by atoms with Crippen molar-refractivity contribution in [2.75, 3.05) is 19.9 Å². The van der Waals surface area contributed by atoms with Crippen LogP contribution in [0.5, 0.6) is 5.75 Å². The molecule has 2 N–H and O–H groups in total. The molecule has 0 bridgehead atoms. The molecule has 0 saturated carbocycles. The van der Waals surface area contributed by atoms with Crippen molar-refractivity contribution in [2.24, 2.45) is 0 Å². The van der Waals surface area contributed by atoms with Crippen molar-refractivity contribution in [2.45, 2.75) is 25.7 Å². The number of benzene rings is 2. The molecule has 1 amide bonds. The van der Waals surface area contributed by atoms with Gasteiger partial charge in [-0.1, -0.05) is 42.5 Å². The minimum atomic E-state index is -4.03. The van der Waals surface area contributed by atoms with Crippen molar-refractivity contribution in [3.05, 3.63) is 65.7 Å². The summed E-state index contributed by atoms with van der Waals surface area (Å²) in [6, 6.07) is 15.4. The highest BCUT2D eigenvalue weighted by molar-refractivity contribution is 7.58. The van der Waals surface area contributed by atoms with Crippen molar-refractivity contribution in [3.8, 4) is 5.75 Å². The fourth-order valence-electron chi connectivity index (χ4n) is 2.69. The average molecular weight is 435 g/mol. The van der Waals surface area contributed by atoms with Crippen molar-refractivity contribution in [1.29, 1.82) is 0 Å². The molecule has 2 atom stereocenters. The van der Waals surface area contributed by atoms with Gasteiger partial charge in [0.2, 0.25) is 7.37 Å². The maximum atomic E-state index is 13.0. The number of carbonyl (C=O) groups excluding carboxylic acids is 2. The molecule has 0 aromatic heterocycles. The zero-order valence-corrected chi connectivity index (χ0v) is 17.8. The van der Waals surface area contributed by atoms with E-state index in [-0.39, 0.29) is 25.8 Å². The summed E-state index contributed by atoms with van der Waals surface area (Å²) in [5.74, 6) is -1.27. The fraction of sp³-hybridized carbons (Fsp3) is 0.333. The Bertz CT molecular complexity index is 871. The smallest absolute Gasteiger partial charge is 0.408 e. The number of rotatable bonds is 10. The lowest BCUT2D eigenvalue weighted by molar-refractivity contribution is -0.142. The van der Waals surface area contributed by atoms with Crippen LogP contribution < -0.4 is 10.1 Å². The number of alkyl carbamates (subject to hydrolysis) is 1. The van der Waals surface area contributed by atoms with Crippen molar-refractivity contribution in [3.63, 3.8) is 0 Å². The topological polar surface area (TPSA) is 111 Å². The monoisotopic (exact) mass is 435 g/mol. The van der Waals surface area contributed by atoms with E-state index in [1.54, 1.807) is 43.3 Å². The summed E-state index contributed by atoms with van der Waals surface area (Å²) in [5.41, 5.74) is 1.17. The second-order valence-electron chi connectivity index (χ2n) is 6.42. The normalized spacial score (nSPS) is 13.6. The van der Waals surface area contributed by atoms with E-state index in [2.05, 4.69) is 5.32 Å². The molecule has 0 aliphatic rings. The minimum Gasteiger partial charge on any atom is -0.497 e. The molecule has 2 aromatic carbocycles. The molecule has 2 unspecified atom stereocenters. The highest BCUT2D eigenvalue weighted by Crippen LogP contribution is 2.54. The fourth-order valence-corrected chi connectivity index (χ4v) is 4.40. The van der Waals surface area contributed by atoms with Gasteiger partial charge in [-0.05, 0) is 30.2 Å². The van der Waals surface area contributed by atoms with Crippen molar-refractivity contribution >= 4 is 19.4 Å². The largest absolute Gasteiger partial charge is 0.497 e. The highest BCUT2D eigenvalue weighted by atomic mass is 31.2. The number of hydrogen-bond acceptors (Lipinski definition) is 6. The van der Waals surface area contributed by atoms with Gasteiger partial charge >= 0.3 is 12.1 Å². The molecular formula is C21H26NO7P. The number of hydrogen-bond donors (Lipinski definition) is 2. The van der Waals surface area contributed by atoms with Crippen LogP contribution in [0.2, 0.25) is 0 Å². The Morgan fingerprint density at radius 1 is 1.07 bits per heavy atom. The van der Waals surface area contributed by atoms with Gasteiger partial charge in [0.1, 0.15) is 18.1 Å². The third-order valence-corrected chi connectivity index (χ3v) is 6.34. The minimum absolute atomic E-state index is 0.0144. The zero-order valence-electron chi connectivity index (χ0n) is 16.9. The molecule has 0 saturated heterocycles. The van der Waals surface area contributed by atoms with E-state index >= 15 is 0 Å². The Labute approximate surface area is 175 Å². The van der Waals surface area contributed by atoms with E-state index in [0.29, 0.717) is 11.3 Å². The van der Waals surface area contributed by atoms with Crippen molar-refractivity contribution in [1.82, 2.24) is 5.32 Å². The van der Waals surface area contributed by atoms with Crippen LogP contribution in [0.3, 0.4) is 0 Å². The lowest BCUT2D eigenvalue weighted by Gasteiger charge is -2.24. The molecule has 0 heterocycles. The summed E-state index contributed by atoms with van der Waals surface area (Å²) >= 11 is 0. The van der Waals surface area contributed by atoms with Gasteiger partial charge in [-0.25, -0.2) is 4.79 Å². The van der Waals surface area contributed by atoms with Gasteiger partial charge in [-0.2, -0.15) is 0 Å². The number of carbonyl (C=O) groups is 2. The Morgan fingerprint density at radius 2 is 1.73 bits per heavy atom. The molecule has 0 spiro atoms. The Balaban J connectivity index is 2.14. The van der Waals surface area contributed by atoms with Crippen LogP contribution in [0.4, 0.5) is 4.79 Å². The number of esters is 1. The molecule has 0 radical (unpaired) electrons. The predicted molar refractivity (Wildman–Crippen MR) is 111 cm³/mol. The number of amides is 1. The van der Waals surface area contributed by atoms with E-state index in [1.165, 1.54) is 7.11 Å².